The summed E-state index contributed by atoms with van der Waals surface area (Å²) in [5.74, 6) is 0.870. The number of hydrogen-bond donors (Lipinski definition) is 1. The van der Waals surface area contributed by atoms with Crippen LogP contribution in [0.25, 0.3) is 20.0 Å². The van der Waals surface area contributed by atoms with Crippen molar-refractivity contribution in [2.45, 2.75) is 0 Å². The van der Waals surface area contributed by atoms with Gasteiger partial charge in [-0.15, -0.1) is 11.3 Å². The monoisotopic (exact) mass is 262 g/mol. The Morgan fingerprint density at radius 2 is 1.94 bits per heavy atom. The lowest BCUT2D eigenvalue weighted by Crippen LogP contribution is -1.81. The maximum atomic E-state index is 5.66. The third-order valence-electron chi connectivity index (χ3n) is 2.48. The number of benzene rings is 1. The molecular formula is C12H10N2OS2. The van der Waals surface area contributed by atoms with E-state index in [1.807, 2.05) is 12.1 Å². The molecule has 0 saturated carbocycles. The fourth-order valence-corrected chi connectivity index (χ4v) is 3.72. The Balaban J connectivity index is 2.04. The zero-order valence-electron chi connectivity index (χ0n) is 9.14. The Bertz CT molecular complexity index is 623. The Hall–Kier alpha value is -1.59. The van der Waals surface area contributed by atoms with Crippen molar-refractivity contribution < 1.29 is 4.74 Å². The number of thiazole rings is 1. The second kappa shape index (κ2) is 4.01. The summed E-state index contributed by atoms with van der Waals surface area (Å²) in [6.45, 7) is 0. The maximum absolute atomic E-state index is 5.66. The van der Waals surface area contributed by atoms with E-state index in [0.717, 1.165) is 11.3 Å². The second-order valence-corrected chi connectivity index (χ2v) is 5.91. The topological polar surface area (TPSA) is 48.1 Å². The van der Waals surface area contributed by atoms with Gasteiger partial charge in [0.25, 0.3) is 0 Å². The minimum absolute atomic E-state index is 0.632. The van der Waals surface area contributed by atoms with Crippen LogP contribution in [0.3, 0.4) is 0 Å². The van der Waals surface area contributed by atoms with Crippen molar-refractivity contribution in [2.75, 3.05) is 12.8 Å². The maximum Gasteiger partial charge on any atom is 0.181 e. The van der Waals surface area contributed by atoms with Crippen LogP contribution in [0.15, 0.2) is 30.3 Å². The number of methoxy groups -OCH3 is 1. The van der Waals surface area contributed by atoms with Crippen LogP contribution in [-0.2, 0) is 0 Å². The number of anilines is 1. The summed E-state index contributed by atoms with van der Waals surface area (Å²) in [6, 6.07) is 10.1. The van der Waals surface area contributed by atoms with E-state index in [4.69, 9.17) is 10.5 Å². The van der Waals surface area contributed by atoms with Crippen LogP contribution in [0, 0.1) is 0 Å². The fraction of sp³-hybridized carbons (Fsp3) is 0.0833. The molecule has 3 rings (SSSR count). The van der Waals surface area contributed by atoms with Gasteiger partial charge in [0, 0.05) is 4.88 Å². The number of rotatable bonds is 2. The van der Waals surface area contributed by atoms with Crippen molar-refractivity contribution in [1.82, 2.24) is 4.98 Å². The first kappa shape index (κ1) is 10.6. The highest BCUT2D eigenvalue weighted by atomic mass is 32.2. The average Bonchev–Trinajstić information content (AvgIpc) is 2.86. The van der Waals surface area contributed by atoms with Crippen molar-refractivity contribution in [2.24, 2.45) is 0 Å². The van der Waals surface area contributed by atoms with E-state index in [1.165, 1.54) is 25.8 Å². The van der Waals surface area contributed by atoms with Crippen LogP contribution in [0.2, 0.25) is 0 Å². The van der Waals surface area contributed by atoms with Crippen LogP contribution in [0.1, 0.15) is 0 Å². The number of nitrogen functional groups attached to an aromatic ring is 1. The number of aromatic nitrogens is 1. The predicted molar refractivity (Wildman–Crippen MR) is 73.9 cm³/mol. The zero-order chi connectivity index (χ0) is 11.8. The van der Waals surface area contributed by atoms with Crippen LogP contribution in [0.4, 0.5) is 5.13 Å². The van der Waals surface area contributed by atoms with Crippen molar-refractivity contribution >= 4 is 37.3 Å². The molecule has 86 valence electrons. The molecule has 0 aliphatic rings. The van der Waals surface area contributed by atoms with Crippen molar-refractivity contribution in [3.8, 4) is 16.2 Å². The van der Waals surface area contributed by atoms with Gasteiger partial charge in [0.15, 0.2) is 5.13 Å². The quantitative estimate of drug-likeness (QED) is 0.767. The van der Waals surface area contributed by atoms with Gasteiger partial charge in [-0.1, -0.05) is 11.3 Å². The molecule has 0 unspecified atom stereocenters. The molecule has 3 nitrogen and oxygen atoms in total. The molecule has 0 aliphatic heterocycles. The van der Waals surface area contributed by atoms with E-state index in [0.29, 0.717) is 5.13 Å². The van der Waals surface area contributed by atoms with E-state index < -0.39 is 0 Å². The van der Waals surface area contributed by atoms with Crippen molar-refractivity contribution in [1.29, 1.82) is 0 Å². The Kier molecular flexibility index (Phi) is 2.49. The Morgan fingerprint density at radius 1 is 1.18 bits per heavy atom. The van der Waals surface area contributed by atoms with Gasteiger partial charge in [-0.25, -0.2) is 4.98 Å². The third-order valence-corrected chi connectivity index (χ3v) is 4.65. The lowest BCUT2D eigenvalue weighted by atomic mass is 10.2. The standard InChI is InChI=1S/C12H10N2OS2/c1-15-8-4-2-7(3-5-8)10-6-9-11(16-10)17-12(13)14-9/h2-6H,1H3,(H2,13,14). The van der Waals surface area contributed by atoms with Gasteiger partial charge in [0.2, 0.25) is 0 Å². The van der Waals surface area contributed by atoms with Crippen LogP contribution < -0.4 is 10.5 Å². The molecule has 0 bridgehead atoms. The molecular weight excluding hydrogens is 252 g/mol. The van der Waals surface area contributed by atoms with Gasteiger partial charge in [0.05, 0.1) is 12.6 Å². The van der Waals surface area contributed by atoms with E-state index in [-0.39, 0.29) is 0 Å². The molecule has 0 fully saturated rings. The highest BCUT2D eigenvalue weighted by Gasteiger charge is 2.08. The van der Waals surface area contributed by atoms with Crippen molar-refractivity contribution in [3.05, 3.63) is 30.3 Å². The molecule has 0 atom stereocenters. The highest BCUT2D eigenvalue weighted by molar-refractivity contribution is 7.40. The minimum Gasteiger partial charge on any atom is -0.497 e. The normalized spacial score (nSPS) is 10.9. The van der Waals surface area contributed by atoms with Crippen LogP contribution in [0.5, 0.6) is 5.75 Å². The van der Waals surface area contributed by atoms with E-state index in [9.17, 15) is 0 Å². The molecule has 2 aromatic heterocycles. The molecule has 0 amide bonds. The SMILES string of the molecule is COc1ccc(-c2cc3nc(N)sc3s2)cc1. The molecule has 5 heteroatoms. The lowest BCUT2D eigenvalue weighted by molar-refractivity contribution is 0.415. The Labute approximate surface area is 106 Å². The molecule has 0 radical (unpaired) electrons. The summed E-state index contributed by atoms with van der Waals surface area (Å²) in [5, 5.41) is 0.632. The molecule has 0 spiro atoms. The van der Waals surface area contributed by atoms with Crippen LogP contribution in [-0.4, -0.2) is 12.1 Å². The zero-order valence-corrected chi connectivity index (χ0v) is 10.8. The highest BCUT2D eigenvalue weighted by Crippen LogP contribution is 2.37. The Morgan fingerprint density at radius 3 is 2.59 bits per heavy atom. The van der Waals surface area contributed by atoms with Gasteiger partial charge >= 0.3 is 0 Å². The van der Waals surface area contributed by atoms with E-state index in [1.54, 1.807) is 18.4 Å². The number of ether oxygens (including phenoxy) is 1. The van der Waals surface area contributed by atoms with E-state index in [2.05, 4.69) is 23.2 Å². The smallest absolute Gasteiger partial charge is 0.181 e. The molecule has 0 saturated heterocycles. The largest absolute Gasteiger partial charge is 0.497 e. The van der Waals surface area contributed by atoms with Gasteiger partial charge in [0.1, 0.15) is 9.76 Å². The molecule has 17 heavy (non-hydrogen) atoms. The molecule has 0 aliphatic carbocycles. The van der Waals surface area contributed by atoms with E-state index >= 15 is 0 Å². The van der Waals surface area contributed by atoms with Crippen molar-refractivity contribution in [3.63, 3.8) is 0 Å². The number of nitrogens with zero attached hydrogens (tertiary/aromatic N) is 1. The molecule has 1 aromatic carbocycles. The third kappa shape index (κ3) is 1.87. The second-order valence-electron chi connectivity index (χ2n) is 3.56. The summed E-state index contributed by atoms with van der Waals surface area (Å²) in [4.78, 5) is 5.48. The summed E-state index contributed by atoms with van der Waals surface area (Å²) in [6.07, 6.45) is 0. The minimum atomic E-state index is 0.632. The van der Waals surface area contributed by atoms with Gasteiger partial charge in [-0.3, -0.25) is 0 Å². The lowest BCUT2D eigenvalue weighted by Gasteiger charge is -2.00. The molecule has 3 aromatic rings. The molecule has 2 heterocycles. The van der Waals surface area contributed by atoms with Gasteiger partial charge in [-0.05, 0) is 35.9 Å². The van der Waals surface area contributed by atoms with Gasteiger partial charge < -0.3 is 10.5 Å². The number of hydrogen-bond acceptors (Lipinski definition) is 5. The average molecular weight is 262 g/mol. The fourth-order valence-electron chi connectivity index (χ4n) is 1.65. The van der Waals surface area contributed by atoms with Crippen LogP contribution >= 0.6 is 22.7 Å². The predicted octanol–water partition coefficient (Wildman–Crippen LogP) is 3.62. The molecule has 2 N–H and O–H groups in total. The first-order valence-corrected chi connectivity index (χ1v) is 6.70. The first-order valence-electron chi connectivity index (χ1n) is 5.06. The summed E-state index contributed by atoms with van der Waals surface area (Å²) in [5.41, 5.74) is 7.83. The number of fused-ring (bicyclic) bond motifs is 1. The summed E-state index contributed by atoms with van der Waals surface area (Å²) < 4.78 is 6.32. The number of nitrogens with two attached hydrogens (primary N) is 1. The van der Waals surface area contributed by atoms with Gasteiger partial charge in [-0.2, -0.15) is 0 Å². The summed E-state index contributed by atoms with van der Waals surface area (Å²) >= 11 is 3.26. The number of thiophene rings is 1. The summed E-state index contributed by atoms with van der Waals surface area (Å²) in [7, 11) is 1.67. The first-order chi connectivity index (χ1) is 8.26.